The summed E-state index contributed by atoms with van der Waals surface area (Å²) in [5.74, 6) is 3.32. The number of amides is 2. The van der Waals surface area contributed by atoms with E-state index in [9.17, 15) is 4.79 Å². The summed E-state index contributed by atoms with van der Waals surface area (Å²) in [4.78, 5) is 14.6. The van der Waals surface area contributed by atoms with E-state index in [-0.39, 0.29) is 12.8 Å². The Morgan fingerprint density at radius 1 is 1.18 bits per heavy atom. The molecule has 1 N–H and O–H groups in total. The molecule has 0 bridgehead atoms. The van der Waals surface area contributed by atoms with E-state index >= 15 is 0 Å². The maximum atomic E-state index is 12.7. The van der Waals surface area contributed by atoms with E-state index in [1.807, 2.05) is 53.9 Å². The van der Waals surface area contributed by atoms with Crippen LogP contribution < -0.4 is 19.5 Å². The van der Waals surface area contributed by atoms with E-state index in [0.29, 0.717) is 11.9 Å². The smallest absolute Gasteiger partial charge is 0.321 e. The van der Waals surface area contributed by atoms with Crippen molar-refractivity contribution in [3.05, 3.63) is 48.0 Å². The van der Waals surface area contributed by atoms with Gasteiger partial charge in [0.2, 0.25) is 6.79 Å². The second-order valence-electron chi connectivity index (χ2n) is 6.64. The molecule has 2 amide bonds. The minimum absolute atomic E-state index is 0.0592. The zero-order valence-corrected chi connectivity index (χ0v) is 16.7. The van der Waals surface area contributed by atoms with Gasteiger partial charge >= 0.3 is 6.03 Å². The van der Waals surface area contributed by atoms with Crippen LogP contribution in [0.2, 0.25) is 0 Å². The molecule has 0 saturated carbocycles. The molecule has 1 saturated heterocycles. The van der Waals surface area contributed by atoms with Crippen LogP contribution in [0.15, 0.2) is 42.5 Å². The number of benzene rings is 2. The first-order chi connectivity index (χ1) is 13.7. The van der Waals surface area contributed by atoms with Crippen molar-refractivity contribution < 1.29 is 19.0 Å². The molecule has 1 fully saturated rings. The largest absolute Gasteiger partial charge is 0.494 e. The lowest BCUT2D eigenvalue weighted by Crippen LogP contribution is -2.36. The predicted octanol–water partition coefficient (Wildman–Crippen LogP) is 4.53. The first-order valence-corrected chi connectivity index (χ1v) is 10.6. The molecular formula is C21H24N2O4S. The molecule has 28 heavy (non-hydrogen) atoms. The number of hydrogen-bond acceptors (Lipinski definition) is 5. The molecule has 7 heteroatoms. The van der Waals surface area contributed by atoms with Crippen molar-refractivity contribution in [1.82, 2.24) is 4.90 Å². The van der Waals surface area contributed by atoms with Gasteiger partial charge < -0.3 is 24.4 Å². The van der Waals surface area contributed by atoms with Gasteiger partial charge in [0.1, 0.15) is 5.75 Å². The summed E-state index contributed by atoms with van der Waals surface area (Å²) in [5.41, 5.74) is 2.00. The molecule has 0 aromatic heterocycles. The molecule has 148 valence electrons. The molecule has 0 radical (unpaired) electrons. The molecule has 2 aliphatic heterocycles. The van der Waals surface area contributed by atoms with Gasteiger partial charge in [0, 0.05) is 29.8 Å². The second-order valence-corrected chi connectivity index (χ2v) is 7.95. The number of nitrogens with zero attached hydrogens (tertiary/aromatic N) is 1. The van der Waals surface area contributed by atoms with Crippen LogP contribution >= 0.6 is 11.8 Å². The summed E-state index contributed by atoms with van der Waals surface area (Å²) < 4.78 is 16.3. The van der Waals surface area contributed by atoms with E-state index in [2.05, 4.69) is 17.4 Å². The van der Waals surface area contributed by atoms with Gasteiger partial charge in [-0.15, -0.1) is 0 Å². The minimum atomic E-state index is -0.0592. The normalized spacial score (nSPS) is 18.5. The lowest BCUT2D eigenvalue weighted by Gasteiger charge is -2.21. The quantitative estimate of drug-likeness (QED) is 0.817. The molecule has 1 unspecified atom stereocenters. The Morgan fingerprint density at radius 3 is 2.82 bits per heavy atom. The van der Waals surface area contributed by atoms with E-state index < -0.39 is 0 Å². The number of nitrogens with one attached hydrogen (secondary N) is 1. The number of carbonyl (C=O) groups excluding carboxylic acids is 1. The molecule has 6 nitrogen and oxygen atoms in total. The Labute approximate surface area is 169 Å². The SMILES string of the molecule is CCOc1ccc(NC(=O)N2CCSC(c3ccc4c(c3)OCO4)CC2)cc1. The van der Waals surface area contributed by atoms with Gasteiger partial charge in [0.05, 0.1) is 6.61 Å². The Bertz CT molecular complexity index is 828. The van der Waals surface area contributed by atoms with Gasteiger partial charge in [-0.1, -0.05) is 6.07 Å². The number of urea groups is 1. The lowest BCUT2D eigenvalue weighted by atomic mass is 10.1. The third-order valence-electron chi connectivity index (χ3n) is 4.81. The first-order valence-electron chi connectivity index (χ1n) is 9.53. The van der Waals surface area contributed by atoms with E-state index in [1.165, 1.54) is 5.56 Å². The average molecular weight is 401 g/mol. The van der Waals surface area contributed by atoms with Gasteiger partial charge in [-0.25, -0.2) is 4.79 Å². The predicted molar refractivity (Wildman–Crippen MR) is 111 cm³/mol. The number of anilines is 1. The zero-order chi connectivity index (χ0) is 19.3. The van der Waals surface area contributed by atoms with Crippen LogP contribution in [0, 0.1) is 0 Å². The maximum absolute atomic E-state index is 12.7. The molecule has 2 aromatic rings. The van der Waals surface area contributed by atoms with Gasteiger partial charge in [-0.3, -0.25) is 0 Å². The molecule has 2 aromatic carbocycles. The highest BCUT2D eigenvalue weighted by Gasteiger charge is 2.24. The van der Waals surface area contributed by atoms with Gasteiger partial charge in [-0.05, 0) is 55.3 Å². The van der Waals surface area contributed by atoms with Crippen LogP contribution in [0.1, 0.15) is 24.2 Å². The second kappa shape index (κ2) is 8.65. The van der Waals surface area contributed by atoms with E-state index in [1.54, 1.807) is 0 Å². The molecular weight excluding hydrogens is 376 g/mol. The molecule has 0 spiro atoms. The van der Waals surface area contributed by atoms with Gasteiger partial charge in [0.15, 0.2) is 11.5 Å². The van der Waals surface area contributed by atoms with Crippen molar-refractivity contribution in [1.29, 1.82) is 0 Å². The molecule has 2 heterocycles. The van der Waals surface area contributed by atoms with Crippen molar-refractivity contribution in [2.75, 3.05) is 37.6 Å². The van der Waals surface area contributed by atoms with Crippen molar-refractivity contribution in [3.63, 3.8) is 0 Å². The number of thioether (sulfide) groups is 1. The number of hydrogen-bond donors (Lipinski definition) is 1. The first kappa shape index (κ1) is 18.8. The van der Waals surface area contributed by atoms with Crippen molar-refractivity contribution in [2.45, 2.75) is 18.6 Å². The Morgan fingerprint density at radius 2 is 2.00 bits per heavy atom. The van der Waals surface area contributed by atoms with E-state index in [0.717, 1.165) is 48.2 Å². The highest BCUT2D eigenvalue weighted by Crippen LogP contribution is 2.40. The minimum Gasteiger partial charge on any atom is -0.494 e. The van der Waals surface area contributed by atoms with Crippen LogP contribution in [0.5, 0.6) is 17.2 Å². The van der Waals surface area contributed by atoms with Crippen molar-refractivity contribution in [2.24, 2.45) is 0 Å². The molecule has 4 rings (SSSR count). The number of ether oxygens (including phenoxy) is 3. The van der Waals surface area contributed by atoms with Gasteiger partial charge in [0.25, 0.3) is 0 Å². The monoisotopic (exact) mass is 400 g/mol. The van der Waals surface area contributed by atoms with Crippen LogP contribution in [-0.4, -0.2) is 43.2 Å². The fourth-order valence-electron chi connectivity index (χ4n) is 3.36. The number of fused-ring (bicyclic) bond motifs is 1. The topological polar surface area (TPSA) is 60.0 Å². The summed E-state index contributed by atoms with van der Waals surface area (Å²) in [7, 11) is 0. The highest BCUT2D eigenvalue weighted by molar-refractivity contribution is 7.99. The summed E-state index contributed by atoms with van der Waals surface area (Å²) >= 11 is 1.88. The summed E-state index contributed by atoms with van der Waals surface area (Å²) in [6, 6.07) is 13.5. The standard InChI is InChI=1S/C21H24N2O4S/c1-2-25-17-6-4-16(5-7-17)22-21(24)23-10-9-20(28-12-11-23)15-3-8-18-19(13-15)27-14-26-18/h3-8,13,20H,2,9-12,14H2,1H3,(H,22,24). The van der Waals surface area contributed by atoms with Gasteiger partial charge in [-0.2, -0.15) is 11.8 Å². The fraction of sp³-hybridized carbons (Fsp3) is 0.381. The Hall–Kier alpha value is -2.54. The lowest BCUT2D eigenvalue weighted by molar-refractivity contribution is 0.174. The third kappa shape index (κ3) is 4.30. The van der Waals surface area contributed by atoms with Crippen LogP contribution in [0.3, 0.4) is 0 Å². The molecule has 1 atom stereocenters. The Kier molecular flexibility index (Phi) is 5.81. The summed E-state index contributed by atoms with van der Waals surface area (Å²) in [6.45, 7) is 4.31. The third-order valence-corrected chi connectivity index (χ3v) is 6.14. The van der Waals surface area contributed by atoms with Crippen LogP contribution in [-0.2, 0) is 0 Å². The zero-order valence-electron chi connectivity index (χ0n) is 15.8. The summed E-state index contributed by atoms with van der Waals surface area (Å²) in [6.07, 6.45) is 0.904. The number of carbonyl (C=O) groups is 1. The van der Waals surface area contributed by atoms with Crippen molar-refractivity contribution in [3.8, 4) is 17.2 Å². The van der Waals surface area contributed by atoms with E-state index in [4.69, 9.17) is 14.2 Å². The highest BCUT2D eigenvalue weighted by atomic mass is 32.2. The Balaban J connectivity index is 1.35. The summed E-state index contributed by atoms with van der Waals surface area (Å²) in [5, 5.41) is 3.33. The molecule has 0 aliphatic carbocycles. The molecule has 2 aliphatic rings. The number of rotatable bonds is 4. The van der Waals surface area contributed by atoms with Crippen LogP contribution in [0.25, 0.3) is 0 Å². The van der Waals surface area contributed by atoms with Crippen molar-refractivity contribution >= 4 is 23.5 Å². The van der Waals surface area contributed by atoms with Crippen LogP contribution in [0.4, 0.5) is 10.5 Å². The fourth-order valence-corrected chi connectivity index (χ4v) is 4.58. The average Bonchev–Trinajstić information content (AvgIpc) is 3.04. The maximum Gasteiger partial charge on any atom is 0.321 e.